The van der Waals surface area contributed by atoms with Crippen LogP contribution in [0.2, 0.25) is 0 Å². The first-order chi connectivity index (χ1) is 7.30. The molecule has 0 saturated carbocycles. The van der Waals surface area contributed by atoms with Crippen molar-refractivity contribution in [1.29, 1.82) is 5.26 Å². The van der Waals surface area contributed by atoms with E-state index >= 15 is 0 Å². The van der Waals surface area contributed by atoms with Crippen molar-refractivity contribution in [3.8, 4) is 6.07 Å². The Bertz CT molecular complexity index is 408. The largest absolute Gasteiger partial charge is 0.193 e. The van der Waals surface area contributed by atoms with Crippen LogP contribution in [0.5, 0.6) is 0 Å². The number of nitrogens with zero attached hydrogens (tertiary/aromatic N) is 1. The molecule has 1 heterocycles. The molecule has 0 spiro atoms. The van der Waals surface area contributed by atoms with Gasteiger partial charge in [-0.1, -0.05) is 12.2 Å². The first kappa shape index (κ1) is 12.1. The van der Waals surface area contributed by atoms with Gasteiger partial charge in [-0.05, 0) is 31.6 Å². The molecular weight excluding hydrogens is 222 g/mol. The molecule has 0 aliphatic carbocycles. The number of thiophene rings is 1. The van der Waals surface area contributed by atoms with Crippen molar-refractivity contribution in [3.05, 3.63) is 39.6 Å². The molecular formula is C12H13NS2. The van der Waals surface area contributed by atoms with Crippen molar-refractivity contribution in [2.75, 3.05) is 5.75 Å². The normalized spacial score (nSPS) is 11.9. The van der Waals surface area contributed by atoms with E-state index in [0.29, 0.717) is 11.3 Å². The highest BCUT2D eigenvalue weighted by atomic mass is 32.1. The molecule has 3 heteroatoms. The fourth-order valence-corrected chi connectivity index (χ4v) is 2.22. The molecule has 0 fully saturated rings. The second-order valence-electron chi connectivity index (χ2n) is 3.02. The predicted octanol–water partition coefficient (Wildman–Crippen LogP) is 3.70. The monoisotopic (exact) mass is 235 g/mol. The van der Waals surface area contributed by atoms with Crippen molar-refractivity contribution < 1.29 is 0 Å². The average Bonchev–Trinajstić information content (AvgIpc) is 2.70. The highest BCUT2D eigenvalue weighted by Gasteiger charge is 1.98. The molecule has 0 amide bonds. The third-order valence-electron chi connectivity index (χ3n) is 1.87. The summed E-state index contributed by atoms with van der Waals surface area (Å²) in [6, 6.07) is 6.28. The molecule has 0 saturated heterocycles. The van der Waals surface area contributed by atoms with E-state index in [1.54, 1.807) is 11.3 Å². The number of allylic oxidation sites excluding steroid dienone is 2. The Kier molecular flexibility index (Phi) is 5.23. The van der Waals surface area contributed by atoms with Gasteiger partial charge in [0.05, 0.1) is 6.07 Å². The second kappa shape index (κ2) is 6.49. The topological polar surface area (TPSA) is 23.8 Å². The lowest BCUT2D eigenvalue weighted by atomic mass is 10.3. The van der Waals surface area contributed by atoms with Crippen molar-refractivity contribution in [2.45, 2.75) is 13.3 Å². The van der Waals surface area contributed by atoms with Crippen molar-refractivity contribution in [2.24, 2.45) is 0 Å². The molecule has 0 aliphatic rings. The standard InChI is InChI=1S/C12H13NS2/c1-2-3-4-11-5-6-12(15-11)7-10(8-13)9-14/h2-3,5-7,14H,4,9H2,1H3/b3-2-,10-7+. The van der Waals surface area contributed by atoms with Gasteiger partial charge >= 0.3 is 0 Å². The molecule has 0 atom stereocenters. The Balaban J connectivity index is 2.76. The molecule has 1 aromatic rings. The Morgan fingerprint density at radius 3 is 3.00 bits per heavy atom. The minimum Gasteiger partial charge on any atom is -0.193 e. The molecule has 1 rings (SSSR count). The van der Waals surface area contributed by atoms with Crippen LogP contribution in [0.25, 0.3) is 6.08 Å². The van der Waals surface area contributed by atoms with E-state index in [0.717, 1.165) is 11.3 Å². The quantitative estimate of drug-likeness (QED) is 0.480. The fourth-order valence-electron chi connectivity index (χ4n) is 1.10. The van der Waals surface area contributed by atoms with Gasteiger partial charge in [0.1, 0.15) is 0 Å². The number of hydrogen-bond donors (Lipinski definition) is 1. The van der Waals surface area contributed by atoms with Crippen molar-refractivity contribution in [1.82, 2.24) is 0 Å². The summed E-state index contributed by atoms with van der Waals surface area (Å²) < 4.78 is 0. The van der Waals surface area contributed by atoms with Gasteiger partial charge in [-0.2, -0.15) is 17.9 Å². The maximum atomic E-state index is 8.76. The van der Waals surface area contributed by atoms with Gasteiger partial charge in [0.25, 0.3) is 0 Å². The van der Waals surface area contributed by atoms with Gasteiger partial charge in [0.15, 0.2) is 0 Å². The molecule has 0 bridgehead atoms. The van der Waals surface area contributed by atoms with Crippen LogP contribution >= 0.6 is 24.0 Å². The highest BCUT2D eigenvalue weighted by Crippen LogP contribution is 2.20. The zero-order valence-electron chi connectivity index (χ0n) is 8.60. The highest BCUT2D eigenvalue weighted by molar-refractivity contribution is 7.80. The molecule has 0 N–H and O–H groups in total. The molecule has 0 aromatic carbocycles. The van der Waals surface area contributed by atoms with Crippen LogP contribution in [0.15, 0.2) is 29.9 Å². The van der Waals surface area contributed by atoms with Gasteiger partial charge < -0.3 is 0 Å². The third kappa shape index (κ3) is 3.94. The van der Waals surface area contributed by atoms with E-state index in [2.05, 4.69) is 30.8 Å². The minimum absolute atomic E-state index is 0.499. The summed E-state index contributed by atoms with van der Waals surface area (Å²) in [7, 11) is 0. The fraction of sp³-hybridized carbons (Fsp3) is 0.250. The van der Waals surface area contributed by atoms with Gasteiger partial charge in [-0.25, -0.2) is 0 Å². The lowest BCUT2D eigenvalue weighted by Crippen LogP contribution is -1.77. The van der Waals surface area contributed by atoms with Crippen LogP contribution < -0.4 is 0 Å². The zero-order valence-corrected chi connectivity index (χ0v) is 10.3. The van der Waals surface area contributed by atoms with Crippen LogP contribution in [-0.2, 0) is 6.42 Å². The number of hydrogen-bond acceptors (Lipinski definition) is 3. The van der Waals surface area contributed by atoms with Crippen molar-refractivity contribution >= 4 is 30.0 Å². The Labute approximate surface area is 100 Å². The number of thiol groups is 1. The van der Waals surface area contributed by atoms with Crippen LogP contribution in [0.1, 0.15) is 16.7 Å². The van der Waals surface area contributed by atoms with Crippen LogP contribution in [0.3, 0.4) is 0 Å². The van der Waals surface area contributed by atoms with Crippen LogP contribution in [0.4, 0.5) is 0 Å². The number of rotatable bonds is 4. The molecule has 0 aliphatic heterocycles. The van der Waals surface area contributed by atoms with Gasteiger partial charge in [0.2, 0.25) is 0 Å². The van der Waals surface area contributed by atoms with Crippen LogP contribution in [0, 0.1) is 11.3 Å². The molecule has 15 heavy (non-hydrogen) atoms. The summed E-state index contributed by atoms with van der Waals surface area (Å²) >= 11 is 5.81. The van der Waals surface area contributed by atoms with E-state index in [4.69, 9.17) is 5.26 Å². The third-order valence-corrected chi connectivity index (χ3v) is 3.26. The maximum Gasteiger partial charge on any atom is 0.0956 e. The Morgan fingerprint density at radius 2 is 2.40 bits per heavy atom. The summed E-state index contributed by atoms with van der Waals surface area (Å²) in [5.41, 5.74) is 0.706. The minimum atomic E-state index is 0.499. The molecule has 78 valence electrons. The predicted molar refractivity (Wildman–Crippen MR) is 70.3 cm³/mol. The van der Waals surface area contributed by atoms with E-state index in [9.17, 15) is 0 Å². The first-order valence-corrected chi connectivity index (χ1v) is 6.16. The van der Waals surface area contributed by atoms with Crippen LogP contribution in [-0.4, -0.2) is 5.75 Å². The molecule has 0 unspecified atom stereocenters. The van der Waals surface area contributed by atoms with Gasteiger partial charge in [-0.3, -0.25) is 0 Å². The molecule has 0 radical (unpaired) electrons. The van der Waals surface area contributed by atoms with E-state index < -0.39 is 0 Å². The van der Waals surface area contributed by atoms with E-state index in [-0.39, 0.29) is 0 Å². The molecule has 1 nitrogen and oxygen atoms in total. The molecule has 1 aromatic heterocycles. The Hall–Kier alpha value is -0.980. The smallest absolute Gasteiger partial charge is 0.0956 e. The number of nitriles is 1. The van der Waals surface area contributed by atoms with Gasteiger partial charge in [0, 0.05) is 21.1 Å². The zero-order chi connectivity index (χ0) is 11.1. The lowest BCUT2D eigenvalue weighted by Gasteiger charge is -1.89. The SMILES string of the molecule is C/C=C\Cc1ccc(/C=C(\C#N)CS)s1. The average molecular weight is 235 g/mol. The summed E-state index contributed by atoms with van der Waals surface area (Å²) in [6.07, 6.45) is 7.04. The maximum absolute atomic E-state index is 8.76. The summed E-state index contributed by atoms with van der Waals surface area (Å²) in [4.78, 5) is 2.44. The summed E-state index contributed by atoms with van der Waals surface area (Å²) in [6.45, 7) is 2.02. The first-order valence-electron chi connectivity index (χ1n) is 4.71. The van der Waals surface area contributed by atoms with E-state index in [1.807, 2.05) is 25.1 Å². The lowest BCUT2D eigenvalue weighted by molar-refractivity contribution is 1.33. The second-order valence-corrected chi connectivity index (χ2v) is 4.53. The van der Waals surface area contributed by atoms with E-state index in [1.165, 1.54) is 4.88 Å². The Morgan fingerprint density at radius 1 is 1.60 bits per heavy atom. The summed E-state index contributed by atoms with van der Waals surface area (Å²) in [5, 5.41) is 8.76. The van der Waals surface area contributed by atoms with Crippen molar-refractivity contribution in [3.63, 3.8) is 0 Å². The summed E-state index contributed by atoms with van der Waals surface area (Å²) in [5.74, 6) is 0.499. The van der Waals surface area contributed by atoms with Gasteiger partial charge in [-0.15, -0.1) is 11.3 Å².